The average molecular weight is 333 g/mol. The van der Waals surface area contributed by atoms with Gasteiger partial charge in [0.25, 0.3) is 0 Å². The zero-order valence-corrected chi connectivity index (χ0v) is 11.8. The first-order valence-corrected chi connectivity index (χ1v) is 7.88. The summed E-state index contributed by atoms with van der Waals surface area (Å²) in [5, 5.41) is -0.573. The van der Waals surface area contributed by atoms with Gasteiger partial charge >= 0.3 is 6.18 Å². The van der Waals surface area contributed by atoms with Gasteiger partial charge in [-0.25, -0.2) is 8.42 Å². The zero-order chi connectivity index (χ0) is 16.1. The van der Waals surface area contributed by atoms with E-state index in [0.717, 1.165) is 6.07 Å². The smallest absolute Gasteiger partial charge is 0.449 e. The van der Waals surface area contributed by atoms with Crippen LogP contribution >= 0.6 is 0 Å². The number of benzene rings is 1. The molecule has 1 aromatic carbocycles. The first kappa shape index (κ1) is 14.9. The molecule has 1 heterocycles. The van der Waals surface area contributed by atoms with Crippen molar-refractivity contribution in [2.45, 2.75) is 24.3 Å². The van der Waals surface area contributed by atoms with Crippen LogP contribution in [0.2, 0.25) is 0 Å². The summed E-state index contributed by atoms with van der Waals surface area (Å²) in [6.07, 6.45) is -3.63. The third-order valence-corrected chi connectivity index (χ3v) is 5.10. The Morgan fingerprint density at radius 1 is 1.18 bits per heavy atom. The van der Waals surface area contributed by atoms with E-state index in [1.807, 2.05) is 0 Å². The van der Waals surface area contributed by atoms with Gasteiger partial charge in [0.1, 0.15) is 5.58 Å². The van der Waals surface area contributed by atoms with Crippen LogP contribution in [0, 0.1) is 0 Å². The molecule has 1 aliphatic rings. The van der Waals surface area contributed by atoms with Crippen LogP contribution < -0.4 is 10.2 Å². The first-order valence-electron chi connectivity index (χ1n) is 6.33. The fourth-order valence-electron chi connectivity index (χ4n) is 1.99. The molecule has 1 saturated carbocycles. The molecule has 3 rings (SSSR count). The molecule has 2 aromatic rings. The average Bonchev–Trinajstić information content (AvgIpc) is 3.22. The Balaban J connectivity index is 2.04. The summed E-state index contributed by atoms with van der Waals surface area (Å²) >= 11 is 0. The maximum atomic E-state index is 12.6. The Hall–Kier alpha value is -2.03. The van der Waals surface area contributed by atoms with Crippen LogP contribution in [0.4, 0.5) is 18.9 Å². The van der Waals surface area contributed by atoms with E-state index >= 15 is 0 Å². The van der Waals surface area contributed by atoms with E-state index in [1.165, 1.54) is 12.1 Å². The second kappa shape index (κ2) is 4.73. The van der Waals surface area contributed by atoms with E-state index < -0.39 is 32.6 Å². The molecule has 0 unspecified atom stereocenters. The number of sulfonamides is 1. The lowest BCUT2D eigenvalue weighted by Gasteiger charge is -2.09. The van der Waals surface area contributed by atoms with Crippen LogP contribution in [0.15, 0.2) is 33.5 Å². The molecule has 118 valence electrons. The molecule has 0 saturated heterocycles. The minimum atomic E-state index is -4.76. The largest absolute Gasteiger partial charge is 0.451 e. The van der Waals surface area contributed by atoms with Gasteiger partial charge in [0.15, 0.2) is 5.43 Å². The van der Waals surface area contributed by atoms with Gasteiger partial charge in [-0.1, -0.05) is 0 Å². The summed E-state index contributed by atoms with van der Waals surface area (Å²) in [6.45, 7) is 0. The maximum Gasteiger partial charge on any atom is 0.449 e. The van der Waals surface area contributed by atoms with Gasteiger partial charge in [0.2, 0.25) is 15.8 Å². The molecule has 1 aromatic heterocycles. The Labute approximate surface area is 122 Å². The third kappa shape index (κ3) is 2.80. The van der Waals surface area contributed by atoms with Gasteiger partial charge in [-0.2, -0.15) is 13.2 Å². The second-order valence-corrected chi connectivity index (χ2v) is 6.99. The predicted molar refractivity (Wildman–Crippen MR) is 73.1 cm³/mol. The fourth-order valence-corrected chi connectivity index (χ4v) is 3.36. The van der Waals surface area contributed by atoms with Crippen molar-refractivity contribution < 1.29 is 26.0 Å². The van der Waals surface area contributed by atoms with Crippen molar-refractivity contribution in [2.75, 3.05) is 4.72 Å². The van der Waals surface area contributed by atoms with Crippen molar-refractivity contribution >= 4 is 26.7 Å². The van der Waals surface area contributed by atoms with Gasteiger partial charge in [0.05, 0.1) is 10.6 Å². The van der Waals surface area contributed by atoms with E-state index in [0.29, 0.717) is 18.9 Å². The minimum Gasteiger partial charge on any atom is -0.451 e. The summed E-state index contributed by atoms with van der Waals surface area (Å²) < 4.78 is 68.3. The van der Waals surface area contributed by atoms with Crippen LogP contribution in [0.1, 0.15) is 18.6 Å². The first-order chi connectivity index (χ1) is 10.2. The van der Waals surface area contributed by atoms with E-state index in [-0.39, 0.29) is 16.7 Å². The Morgan fingerprint density at radius 2 is 1.86 bits per heavy atom. The van der Waals surface area contributed by atoms with Crippen molar-refractivity contribution in [3.63, 3.8) is 0 Å². The summed E-state index contributed by atoms with van der Waals surface area (Å²) in [5.74, 6) is -1.39. The molecule has 0 spiro atoms. The molecule has 0 aliphatic heterocycles. The lowest BCUT2D eigenvalue weighted by Crippen LogP contribution is -2.17. The molecule has 0 radical (unpaired) electrons. The van der Waals surface area contributed by atoms with Crippen molar-refractivity contribution in [1.29, 1.82) is 0 Å². The van der Waals surface area contributed by atoms with Crippen molar-refractivity contribution in [1.82, 2.24) is 0 Å². The molecule has 1 aliphatic carbocycles. The normalized spacial score (nSPS) is 16.0. The van der Waals surface area contributed by atoms with Crippen LogP contribution in [0.25, 0.3) is 11.0 Å². The third-order valence-electron chi connectivity index (χ3n) is 3.23. The number of hydrogen-bond donors (Lipinski definition) is 1. The highest BCUT2D eigenvalue weighted by molar-refractivity contribution is 7.93. The quantitative estimate of drug-likeness (QED) is 0.937. The monoisotopic (exact) mass is 333 g/mol. The number of rotatable bonds is 3. The van der Waals surface area contributed by atoms with Gasteiger partial charge in [-0.05, 0) is 31.0 Å². The molecular weight excluding hydrogens is 323 g/mol. The van der Waals surface area contributed by atoms with E-state index in [4.69, 9.17) is 0 Å². The van der Waals surface area contributed by atoms with Crippen molar-refractivity contribution in [3.8, 4) is 0 Å². The number of hydrogen-bond acceptors (Lipinski definition) is 4. The zero-order valence-electron chi connectivity index (χ0n) is 11.0. The van der Waals surface area contributed by atoms with E-state index in [1.54, 1.807) is 0 Å². The Morgan fingerprint density at radius 3 is 2.45 bits per heavy atom. The number of nitrogens with one attached hydrogen (secondary N) is 1. The predicted octanol–water partition coefficient (Wildman–Crippen LogP) is 2.72. The minimum absolute atomic E-state index is 0.117. The summed E-state index contributed by atoms with van der Waals surface area (Å²) in [5.41, 5.74) is -1.03. The van der Waals surface area contributed by atoms with Crippen LogP contribution in [0.3, 0.4) is 0 Å². The fraction of sp³-hybridized carbons (Fsp3) is 0.308. The molecule has 1 N–H and O–H groups in total. The highest BCUT2D eigenvalue weighted by atomic mass is 32.2. The van der Waals surface area contributed by atoms with Crippen molar-refractivity contribution in [2.24, 2.45) is 0 Å². The number of fused-ring (bicyclic) bond motifs is 1. The summed E-state index contributed by atoms with van der Waals surface area (Å²) in [6, 6.07) is 3.91. The van der Waals surface area contributed by atoms with Crippen molar-refractivity contribution in [3.05, 3.63) is 40.2 Å². The highest BCUT2D eigenvalue weighted by Crippen LogP contribution is 2.32. The second-order valence-electron chi connectivity index (χ2n) is 5.03. The molecular formula is C13H10F3NO4S. The lowest BCUT2D eigenvalue weighted by molar-refractivity contribution is -0.152. The molecule has 9 heteroatoms. The Bertz CT molecular complexity index is 898. The number of alkyl halides is 3. The summed E-state index contributed by atoms with van der Waals surface area (Å²) in [7, 11) is -3.52. The molecule has 22 heavy (non-hydrogen) atoms. The number of anilines is 1. The standard InChI is InChI=1S/C13H10F3NO4S/c14-13(15,16)12-6-10(18)9-5-7(1-4-11(9)21-12)17-22(19,20)8-2-3-8/h1,4-6,8,17H,2-3H2. The number of halogens is 3. The van der Waals surface area contributed by atoms with Crippen LogP contribution in [0.5, 0.6) is 0 Å². The summed E-state index contributed by atoms with van der Waals surface area (Å²) in [4.78, 5) is 11.8. The highest BCUT2D eigenvalue weighted by Gasteiger charge is 2.36. The topological polar surface area (TPSA) is 76.4 Å². The van der Waals surface area contributed by atoms with Crippen LogP contribution in [-0.2, 0) is 16.2 Å². The SMILES string of the molecule is O=c1cc(C(F)(F)F)oc2ccc(NS(=O)(=O)C3CC3)cc12. The van der Waals surface area contributed by atoms with Gasteiger partial charge < -0.3 is 4.42 Å². The molecule has 0 amide bonds. The molecule has 1 fully saturated rings. The molecule has 0 bridgehead atoms. The lowest BCUT2D eigenvalue weighted by atomic mass is 10.2. The van der Waals surface area contributed by atoms with Gasteiger partial charge in [0, 0.05) is 11.8 Å². The Kier molecular flexibility index (Phi) is 3.20. The van der Waals surface area contributed by atoms with E-state index in [9.17, 15) is 26.4 Å². The van der Waals surface area contributed by atoms with Gasteiger partial charge in [-0.15, -0.1) is 0 Å². The van der Waals surface area contributed by atoms with Gasteiger partial charge in [-0.3, -0.25) is 9.52 Å². The van der Waals surface area contributed by atoms with Crippen LogP contribution in [-0.4, -0.2) is 13.7 Å². The van der Waals surface area contributed by atoms with E-state index in [2.05, 4.69) is 9.14 Å². The molecule has 5 nitrogen and oxygen atoms in total. The molecule has 0 atom stereocenters. The maximum absolute atomic E-state index is 12.6.